The molecule has 2 bridgehead atoms. The van der Waals surface area contributed by atoms with E-state index in [9.17, 15) is 0 Å². The van der Waals surface area contributed by atoms with Crippen LogP contribution in [0, 0.1) is 18.8 Å². The lowest BCUT2D eigenvalue weighted by atomic mass is 9.63. The average molecular weight is 369 g/mol. The summed E-state index contributed by atoms with van der Waals surface area (Å²) in [6.45, 7) is 2.14. The highest BCUT2D eigenvalue weighted by Gasteiger charge is 2.60. The summed E-state index contributed by atoms with van der Waals surface area (Å²) in [5, 5.41) is 0. The van der Waals surface area contributed by atoms with Crippen molar-refractivity contribution in [1.82, 2.24) is 0 Å². The molecule has 132 valence electrons. The van der Waals surface area contributed by atoms with E-state index in [1.54, 1.807) is 0 Å². The van der Waals surface area contributed by atoms with Crippen LogP contribution in [0.2, 0.25) is 0 Å². The zero-order chi connectivity index (χ0) is 18.0. The molecule has 3 aliphatic rings. The summed E-state index contributed by atoms with van der Waals surface area (Å²) in [7, 11) is 0. The molecule has 0 N–H and O–H groups in total. The minimum absolute atomic E-state index is 0.216. The van der Waals surface area contributed by atoms with Crippen LogP contribution in [0.25, 0.3) is 5.57 Å². The first-order valence-corrected chi connectivity index (χ1v) is 10.4. The van der Waals surface area contributed by atoms with Crippen LogP contribution in [0.15, 0.2) is 88.7 Å². The van der Waals surface area contributed by atoms with E-state index in [4.69, 9.17) is 4.74 Å². The van der Waals surface area contributed by atoms with Crippen molar-refractivity contribution in [2.75, 3.05) is 0 Å². The molecule has 1 nitrogen and oxygen atoms in total. The van der Waals surface area contributed by atoms with Crippen LogP contribution in [0.5, 0.6) is 0 Å². The smallest absolute Gasteiger partial charge is 0.0918 e. The van der Waals surface area contributed by atoms with Gasteiger partial charge in [-0.25, -0.2) is 0 Å². The van der Waals surface area contributed by atoms with Gasteiger partial charge in [-0.05, 0) is 41.3 Å². The van der Waals surface area contributed by atoms with Crippen LogP contribution in [0.4, 0.5) is 0 Å². The quantitative estimate of drug-likeness (QED) is 0.517. The first-order valence-electron chi connectivity index (χ1n) is 9.59. The van der Waals surface area contributed by atoms with E-state index >= 15 is 0 Å². The maximum atomic E-state index is 6.51. The van der Waals surface area contributed by atoms with Crippen LogP contribution in [0.1, 0.15) is 34.5 Å². The average Bonchev–Trinajstić information content (AvgIpc) is 3.22. The number of fused-ring (bicyclic) bond motifs is 8. The standard InChI is InChI=1S/C25H20OS/c1-15-11-13-17(14-12-15)27-25-20(16-7-3-2-4-8-16)21-22(25)24-19-10-6-5-9-18(19)23(21)26-24/h2-14,21-24H,1H3. The normalized spacial score (nSPS) is 27.3. The molecule has 1 aliphatic carbocycles. The van der Waals surface area contributed by atoms with Gasteiger partial charge in [0.2, 0.25) is 0 Å². The van der Waals surface area contributed by atoms with Gasteiger partial charge in [0.1, 0.15) is 0 Å². The predicted octanol–water partition coefficient (Wildman–Crippen LogP) is 6.57. The number of rotatable bonds is 3. The van der Waals surface area contributed by atoms with E-state index in [1.807, 2.05) is 11.8 Å². The van der Waals surface area contributed by atoms with E-state index in [2.05, 4.69) is 85.8 Å². The summed E-state index contributed by atoms with van der Waals surface area (Å²) in [6, 6.07) is 28.6. The first kappa shape index (κ1) is 15.7. The molecule has 1 fully saturated rings. The fraction of sp³-hybridized carbons (Fsp3) is 0.200. The maximum Gasteiger partial charge on any atom is 0.0918 e. The molecule has 0 saturated carbocycles. The Morgan fingerprint density at radius 1 is 0.704 bits per heavy atom. The Bertz CT molecular complexity index is 1050. The van der Waals surface area contributed by atoms with E-state index in [0.29, 0.717) is 11.8 Å². The largest absolute Gasteiger partial charge is 0.364 e. The summed E-state index contributed by atoms with van der Waals surface area (Å²) >= 11 is 1.93. The highest BCUT2D eigenvalue weighted by Crippen LogP contribution is 2.71. The Kier molecular flexibility index (Phi) is 3.41. The second-order valence-corrected chi connectivity index (χ2v) is 8.83. The van der Waals surface area contributed by atoms with Crippen molar-refractivity contribution in [3.05, 3.63) is 106 Å². The van der Waals surface area contributed by atoms with E-state index < -0.39 is 0 Å². The zero-order valence-electron chi connectivity index (χ0n) is 15.1. The molecule has 27 heavy (non-hydrogen) atoms. The van der Waals surface area contributed by atoms with Gasteiger partial charge in [-0.1, -0.05) is 84.1 Å². The van der Waals surface area contributed by atoms with Crippen molar-refractivity contribution in [3.63, 3.8) is 0 Å². The number of thioether (sulfide) groups is 1. The van der Waals surface area contributed by atoms with Crippen LogP contribution in [-0.2, 0) is 4.74 Å². The van der Waals surface area contributed by atoms with Crippen molar-refractivity contribution < 1.29 is 4.74 Å². The summed E-state index contributed by atoms with van der Waals surface area (Å²) in [6.07, 6.45) is 0.436. The molecule has 2 heterocycles. The molecule has 4 unspecified atom stereocenters. The molecule has 1 saturated heterocycles. The number of ether oxygens (including phenoxy) is 1. The predicted molar refractivity (Wildman–Crippen MR) is 110 cm³/mol. The van der Waals surface area contributed by atoms with Crippen molar-refractivity contribution in [1.29, 1.82) is 0 Å². The Balaban J connectivity index is 1.46. The lowest BCUT2D eigenvalue weighted by Gasteiger charge is -2.43. The Morgan fingerprint density at radius 3 is 2.04 bits per heavy atom. The maximum absolute atomic E-state index is 6.51. The third kappa shape index (κ3) is 2.24. The van der Waals surface area contributed by atoms with E-state index in [0.717, 1.165) is 0 Å². The van der Waals surface area contributed by atoms with Crippen molar-refractivity contribution in [3.8, 4) is 0 Å². The van der Waals surface area contributed by atoms with E-state index in [-0.39, 0.29) is 12.2 Å². The Labute approximate surface area is 164 Å². The van der Waals surface area contributed by atoms with Gasteiger partial charge >= 0.3 is 0 Å². The zero-order valence-corrected chi connectivity index (χ0v) is 15.9. The fourth-order valence-electron chi connectivity index (χ4n) is 4.95. The third-order valence-electron chi connectivity index (χ3n) is 6.18. The first-order chi connectivity index (χ1) is 13.3. The fourth-order valence-corrected chi connectivity index (χ4v) is 6.25. The number of hydrogen-bond acceptors (Lipinski definition) is 2. The number of benzene rings is 3. The van der Waals surface area contributed by atoms with E-state index in [1.165, 1.54) is 37.6 Å². The lowest BCUT2D eigenvalue weighted by Crippen LogP contribution is -2.33. The highest BCUT2D eigenvalue weighted by atomic mass is 32.2. The summed E-state index contributed by atoms with van der Waals surface area (Å²) in [5.41, 5.74) is 6.95. The molecular weight excluding hydrogens is 348 g/mol. The SMILES string of the molecule is Cc1ccc(SC2=C(c3ccccc3)C3C4OC(c5ccccc54)C23)cc1. The molecule has 6 rings (SSSR count). The Hall–Kier alpha value is -2.29. The topological polar surface area (TPSA) is 9.23 Å². The third-order valence-corrected chi connectivity index (χ3v) is 7.40. The number of aryl methyl sites for hydroxylation is 1. The number of hydrogen-bond donors (Lipinski definition) is 0. The van der Waals surface area contributed by atoms with Gasteiger partial charge in [0.25, 0.3) is 0 Å². The minimum Gasteiger partial charge on any atom is -0.364 e. The molecular formula is C25H20OS. The highest BCUT2D eigenvalue weighted by molar-refractivity contribution is 8.03. The van der Waals surface area contributed by atoms with Crippen LogP contribution in [0.3, 0.4) is 0 Å². The molecule has 0 radical (unpaired) electrons. The Morgan fingerprint density at radius 2 is 1.33 bits per heavy atom. The second-order valence-electron chi connectivity index (χ2n) is 7.72. The molecule has 0 spiro atoms. The van der Waals surface area contributed by atoms with Gasteiger partial charge in [-0.15, -0.1) is 0 Å². The molecule has 4 atom stereocenters. The summed E-state index contributed by atoms with van der Waals surface area (Å²) in [5.74, 6) is 0.978. The van der Waals surface area contributed by atoms with Gasteiger partial charge in [0, 0.05) is 21.6 Å². The van der Waals surface area contributed by atoms with Gasteiger partial charge in [0.05, 0.1) is 12.2 Å². The van der Waals surface area contributed by atoms with Crippen molar-refractivity contribution in [2.45, 2.75) is 24.0 Å². The van der Waals surface area contributed by atoms with Crippen LogP contribution < -0.4 is 0 Å². The monoisotopic (exact) mass is 368 g/mol. The molecule has 2 heteroatoms. The van der Waals surface area contributed by atoms with Gasteiger partial charge in [-0.3, -0.25) is 0 Å². The van der Waals surface area contributed by atoms with Crippen molar-refractivity contribution in [2.24, 2.45) is 11.8 Å². The summed E-state index contributed by atoms with van der Waals surface area (Å²) < 4.78 is 6.51. The minimum atomic E-state index is 0.216. The van der Waals surface area contributed by atoms with Crippen LogP contribution >= 0.6 is 11.8 Å². The molecule has 3 aromatic rings. The second kappa shape index (κ2) is 5.85. The van der Waals surface area contributed by atoms with Crippen molar-refractivity contribution >= 4 is 17.3 Å². The van der Waals surface area contributed by atoms with Crippen LogP contribution in [-0.4, -0.2) is 0 Å². The van der Waals surface area contributed by atoms with Gasteiger partial charge in [0.15, 0.2) is 0 Å². The lowest BCUT2D eigenvalue weighted by molar-refractivity contribution is 0.0625. The van der Waals surface area contributed by atoms with Gasteiger partial charge < -0.3 is 4.74 Å². The molecule has 3 aromatic carbocycles. The summed E-state index contributed by atoms with van der Waals surface area (Å²) in [4.78, 5) is 2.82. The van der Waals surface area contributed by atoms with Gasteiger partial charge in [-0.2, -0.15) is 0 Å². The molecule has 0 aromatic heterocycles. The molecule has 2 aliphatic heterocycles. The molecule has 0 amide bonds.